The summed E-state index contributed by atoms with van der Waals surface area (Å²) in [7, 11) is -6.20. The van der Waals surface area contributed by atoms with Crippen LogP contribution in [0.1, 0.15) is 0 Å². The van der Waals surface area contributed by atoms with E-state index in [0.29, 0.717) is 5.75 Å². The third-order valence-electron chi connectivity index (χ3n) is 4.84. The van der Waals surface area contributed by atoms with E-state index < -0.39 is 20.0 Å². The third-order valence-corrected chi connectivity index (χ3v) is 8.99. The minimum Gasteiger partial charge on any atom is -0.497 e. The molecule has 3 aromatic rings. The summed E-state index contributed by atoms with van der Waals surface area (Å²) in [4.78, 5) is 0.0299. The first-order valence-corrected chi connectivity index (χ1v) is 12.1. The van der Waals surface area contributed by atoms with E-state index in [-0.39, 0.29) is 52.0 Å². The first-order chi connectivity index (χ1) is 14.2. The highest BCUT2D eigenvalue weighted by Gasteiger charge is 2.35. The topological polar surface area (TPSA) is 123 Å². The summed E-state index contributed by atoms with van der Waals surface area (Å²) in [5.74, 6) is 0.543. The van der Waals surface area contributed by atoms with E-state index in [2.05, 4.69) is 14.9 Å². The highest BCUT2D eigenvalue weighted by atomic mass is 35.5. The fourth-order valence-electron chi connectivity index (χ4n) is 3.21. The lowest BCUT2D eigenvalue weighted by atomic mass is 10.3. The van der Waals surface area contributed by atoms with Crippen molar-refractivity contribution < 1.29 is 26.2 Å². The Labute approximate surface area is 178 Å². The summed E-state index contributed by atoms with van der Waals surface area (Å²) < 4.78 is 64.1. The molecule has 10 nitrogen and oxygen atoms in total. The maximum absolute atomic E-state index is 13.1. The normalized spacial score (nSPS) is 16.7. The molecule has 1 aliphatic heterocycles. The maximum Gasteiger partial charge on any atom is 0.245 e. The number of fused-ring (bicyclic) bond motifs is 1. The van der Waals surface area contributed by atoms with Gasteiger partial charge in [-0.25, -0.2) is 21.5 Å². The van der Waals surface area contributed by atoms with Gasteiger partial charge in [-0.1, -0.05) is 11.6 Å². The summed E-state index contributed by atoms with van der Waals surface area (Å²) in [5.41, 5.74) is 0.189. The van der Waals surface area contributed by atoms with Gasteiger partial charge >= 0.3 is 0 Å². The van der Waals surface area contributed by atoms with Crippen molar-refractivity contribution in [3.05, 3.63) is 41.4 Å². The average Bonchev–Trinajstić information content (AvgIpc) is 3.24. The van der Waals surface area contributed by atoms with Crippen molar-refractivity contribution in [3.8, 4) is 5.75 Å². The zero-order valence-corrected chi connectivity index (χ0v) is 18.1. The predicted molar refractivity (Wildman–Crippen MR) is 107 cm³/mol. The summed E-state index contributed by atoms with van der Waals surface area (Å²) in [6, 6.07) is 8.78. The highest BCUT2D eigenvalue weighted by molar-refractivity contribution is 7.89. The molecule has 160 valence electrons. The van der Waals surface area contributed by atoms with E-state index in [0.717, 1.165) is 0 Å². The van der Waals surface area contributed by atoms with Crippen LogP contribution in [-0.2, 0) is 20.0 Å². The molecule has 1 aromatic heterocycles. The van der Waals surface area contributed by atoms with Gasteiger partial charge in [-0.2, -0.15) is 8.61 Å². The molecule has 1 saturated heterocycles. The van der Waals surface area contributed by atoms with Crippen LogP contribution < -0.4 is 4.74 Å². The Bertz CT molecular complexity index is 1280. The zero-order chi connectivity index (χ0) is 21.5. The predicted octanol–water partition coefficient (Wildman–Crippen LogP) is 1.58. The van der Waals surface area contributed by atoms with Crippen LogP contribution in [0.2, 0.25) is 5.02 Å². The molecule has 4 rings (SSSR count). The number of halogens is 1. The Hall–Kier alpha value is -2.25. The van der Waals surface area contributed by atoms with Gasteiger partial charge in [0.25, 0.3) is 0 Å². The standard InChI is InChI=1S/C17H17ClN4O6S2/c1-27-12-2-4-13(5-3-12)29(23,24)21-8-10-22(11-9-21)30(25,26)15-7-6-14(18)16-17(15)20-28-19-16/h2-7H,8-11H2,1H3. The first-order valence-electron chi connectivity index (χ1n) is 8.80. The molecular formula is C17H17ClN4O6S2. The molecule has 0 atom stereocenters. The molecule has 0 N–H and O–H groups in total. The number of nitrogens with zero attached hydrogens (tertiary/aromatic N) is 4. The SMILES string of the molecule is COc1ccc(S(=O)(=O)N2CCN(S(=O)(=O)c3ccc(Cl)c4nonc34)CC2)cc1. The zero-order valence-electron chi connectivity index (χ0n) is 15.7. The molecule has 0 bridgehead atoms. The number of aromatic nitrogens is 2. The van der Waals surface area contributed by atoms with E-state index in [1.54, 1.807) is 12.1 Å². The number of rotatable bonds is 5. The van der Waals surface area contributed by atoms with Gasteiger partial charge in [0.1, 0.15) is 10.6 Å². The van der Waals surface area contributed by atoms with E-state index in [9.17, 15) is 16.8 Å². The molecule has 1 aliphatic rings. The summed E-state index contributed by atoms with van der Waals surface area (Å²) in [6.45, 7) is 0.0169. The Morgan fingerprint density at radius 3 is 2.03 bits per heavy atom. The van der Waals surface area contributed by atoms with Crippen molar-refractivity contribution in [1.82, 2.24) is 18.9 Å². The summed E-state index contributed by atoms with van der Waals surface area (Å²) >= 11 is 6.00. The quantitative estimate of drug-likeness (QED) is 0.548. The largest absolute Gasteiger partial charge is 0.497 e. The number of hydrogen-bond donors (Lipinski definition) is 0. The minimum atomic E-state index is -3.94. The van der Waals surface area contributed by atoms with Gasteiger partial charge < -0.3 is 4.74 Å². The maximum atomic E-state index is 13.1. The van der Waals surface area contributed by atoms with Crippen LogP contribution in [-0.4, -0.2) is 69.0 Å². The van der Waals surface area contributed by atoms with Crippen LogP contribution in [0.4, 0.5) is 0 Å². The first kappa shape index (κ1) is 21.0. The van der Waals surface area contributed by atoms with Crippen molar-refractivity contribution in [2.45, 2.75) is 9.79 Å². The third kappa shape index (κ3) is 3.54. The Balaban J connectivity index is 1.55. The molecule has 13 heteroatoms. The number of benzene rings is 2. The summed E-state index contributed by atoms with van der Waals surface area (Å²) in [5, 5.41) is 7.51. The molecule has 0 radical (unpaired) electrons. The highest BCUT2D eigenvalue weighted by Crippen LogP contribution is 2.29. The molecule has 30 heavy (non-hydrogen) atoms. The molecule has 0 saturated carbocycles. The van der Waals surface area contributed by atoms with E-state index in [4.69, 9.17) is 16.3 Å². The average molecular weight is 473 g/mol. The molecule has 2 heterocycles. The van der Waals surface area contributed by atoms with E-state index >= 15 is 0 Å². The van der Waals surface area contributed by atoms with E-state index in [1.165, 1.54) is 40.0 Å². The van der Waals surface area contributed by atoms with Crippen molar-refractivity contribution in [1.29, 1.82) is 0 Å². The summed E-state index contributed by atoms with van der Waals surface area (Å²) in [6.07, 6.45) is 0. The molecule has 2 aromatic carbocycles. The smallest absolute Gasteiger partial charge is 0.245 e. The second-order valence-corrected chi connectivity index (χ2v) is 10.7. The van der Waals surface area contributed by atoms with Crippen molar-refractivity contribution in [2.24, 2.45) is 0 Å². The molecule has 0 amide bonds. The molecule has 0 spiro atoms. The van der Waals surface area contributed by atoms with Crippen LogP contribution in [0.15, 0.2) is 50.8 Å². The lowest BCUT2D eigenvalue weighted by Gasteiger charge is -2.33. The van der Waals surface area contributed by atoms with Crippen LogP contribution in [0, 0.1) is 0 Å². The van der Waals surface area contributed by atoms with Gasteiger partial charge in [-0.05, 0) is 46.7 Å². The Morgan fingerprint density at radius 1 is 0.867 bits per heavy atom. The number of sulfonamides is 2. The molecule has 0 aliphatic carbocycles. The monoisotopic (exact) mass is 472 g/mol. The fourth-order valence-corrected chi connectivity index (χ4v) is 6.36. The van der Waals surface area contributed by atoms with Gasteiger partial charge in [0.05, 0.1) is 17.0 Å². The van der Waals surface area contributed by atoms with Crippen LogP contribution in [0.25, 0.3) is 11.0 Å². The fraction of sp³-hybridized carbons (Fsp3) is 0.294. The van der Waals surface area contributed by atoms with Crippen LogP contribution in [0.3, 0.4) is 0 Å². The number of methoxy groups -OCH3 is 1. The molecule has 1 fully saturated rings. The van der Waals surface area contributed by atoms with Gasteiger partial charge in [-0.3, -0.25) is 0 Å². The molecule has 0 unspecified atom stereocenters. The van der Waals surface area contributed by atoms with Crippen molar-refractivity contribution in [3.63, 3.8) is 0 Å². The minimum absolute atomic E-state index is 0.00683. The second kappa shape index (κ2) is 7.78. The lowest BCUT2D eigenvalue weighted by molar-refractivity contribution is 0.273. The van der Waals surface area contributed by atoms with Crippen LogP contribution in [0.5, 0.6) is 5.75 Å². The van der Waals surface area contributed by atoms with Crippen LogP contribution >= 0.6 is 11.6 Å². The number of hydrogen-bond acceptors (Lipinski definition) is 8. The van der Waals surface area contributed by atoms with E-state index in [1.807, 2.05) is 0 Å². The Morgan fingerprint density at radius 2 is 1.43 bits per heavy atom. The second-order valence-electron chi connectivity index (χ2n) is 6.49. The van der Waals surface area contributed by atoms with Gasteiger partial charge in [0, 0.05) is 26.2 Å². The van der Waals surface area contributed by atoms with Gasteiger partial charge in [0.15, 0.2) is 11.0 Å². The Kier molecular flexibility index (Phi) is 5.45. The number of ether oxygens (including phenoxy) is 1. The van der Waals surface area contributed by atoms with Crippen molar-refractivity contribution >= 4 is 42.7 Å². The lowest BCUT2D eigenvalue weighted by Crippen LogP contribution is -2.50. The van der Waals surface area contributed by atoms with Gasteiger partial charge in [-0.15, -0.1) is 0 Å². The van der Waals surface area contributed by atoms with Gasteiger partial charge in [0.2, 0.25) is 20.0 Å². The van der Waals surface area contributed by atoms with Crippen molar-refractivity contribution in [2.75, 3.05) is 33.3 Å². The number of piperazine rings is 1. The molecular weight excluding hydrogens is 456 g/mol.